The highest BCUT2D eigenvalue weighted by molar-refractivity contribution is 7.89. The van der Waals surface area contributed by atoms with Gasteiger partial charge in [-0.2, -0.15) is 9.40 Å². The van der Waals surface area contributed by atoms with Crippen molar-refractivity contribution in [2.45, 2.75) is 57.9 Å². The first kappa shape index (κ1) is 16.2. The van der Waals surface area contributed by atoms with E-state index in [1.54, 1.807) is 6.92 Å². The van der Waals surface area contributed by atoms with Crippen LogP contribution in [0.2, 0.25) is 0 Å². The van der Waals surface area contributed by atoms with E-state index in [1.807, 2.05) is 25.5 Å². The normalized spacial score (nSPS) is 19.4. The van der Waals surface area contributed by atoms with Crippen LogP contribution in [-0.2, 0) is 10.0 Å². The molecule has 0 saturated heterocycles. The lowest BCUT2D eigenvalue weighted by Crippen LogP contribution is -2.31. The van der Waals surface area contributed by atoms with Gasteiger partial charge in [0.2, 0.25) is 10.0 Å². The van der Waals surface area contributed by atoms with Crippen LogP contribution in [0.1, 0.15) is 50.5 Å². The fourth-order valence-electron chi connectivity index (χ4n) is 3.03. The quantitative estimate of drug-likeness (QED) is 0.786. The van der Waals surface area contributed by atoms with Crippen molar-refractivity contribution in [3.63, 3.8) is 0 Å². The van der Waals surface area contributed by atoms with Crippen molar-refractivity contribution in [3.8, 4) is 0 Å². The Morgan fingerprint density at radius 2 is 2.00 bits per heavy atom. The topological polar surface area (TPSA) is 55.2 Å². The van der Waals surface area contributed by atoms with Gasteiger partial charge in [-0.3, -0.25) is 4.68 Å². The molecule has 1 heterocycles. The zero-order valence-corrected chi connectivity index (χ0v) is 14.2. The highest BCUT2D eigenvalue weighted by Gasteiger charge is 2.30. The standard InChI is InChI=1S/C15H25N3O2S/c1-5-17(6-2)21(19,20)15-12(3)16-18(13(15)4)14-10-8-7-9-11-14/h8,10,14H,5-7,9,11H2,1-4H3. The van der Waals surface area contributed by atoms with Crippen molar-refractivity contribution in [2.75, 3.05) is 13.1 Å². The third-order valence-corrected chi connectivity index (χ3v) is 6.41. The lowest BCUT2D eigenvalue weighted by atomic mass is 10.0. The molecular weight excluding hydrogens is 286 g/mol. The number of aromatic nitrogens is 2. The Hall–Kier alpha value is -1.14. The van der Waals surface area contributed by atoms with E-state index in [-0.39, 0.29) is 6.04 Å². The third kappa shape index (κ3) is 2.92. The number of hydrogen-bond acceptors (Lipinski definition) is 3. The van der Waals surface area contributed by atoms with E-state index in [2.05, 4.69) is 17.3 Å². The molecule has 1 unspecified atom stereocenters. The van der Waals surface area contributed by atoms with Crippen molar-refractivity contribution in [3.05, 3.63) is 23.5 Å². The van der Waals surface area contributed by atoms with Gasteiger partial charge in [0.05, 0.1) is 17.4 Å². The molecule has 6 heteroatoms. The van der Waals surface area contributed by atoms with Crippen molar-refractivity contribution in [1.82, 2.24) is 14.1 Å². The molecule has 0 radical (unpaired) electrons. The molecule has 1 atom stereocenters. The van der Waals surface area contributed by atoms with Crippen LogP contribution in [0.4, 0.5) is 0 Å². The molecule has 0 aromatic carbocycles. The second-order valence-electron chi connectivity index (χ2n) is 5.46. The van der Waals surface area contributed by atoms with Gasteiger partial charge in [-0.1, -0.05) is 26.0 Å². The minimum atomic E-state index is -3.45. The Kier molecular flexibility index (Phi) is 4.88. The van der Waals surface area contributed by atoms with E-state index in [4.69, 9.17) is 0 Å². The van der Waals surface area contributed by atoms with Crippen LogP contribution in [0.15, 0.2) is 17.0 Å². The second-order valence-corrected chi connectivity index (χ2v) is 7.34. The molecule has 21 heavy (non-hydrogen) atoms. The van der Waals surface area contributed by atoms with Gasteiger partial charge in [0.15, 0.2) is 0 Å². The van der Waals surface area contributed by atoms with E-state index in [9.17, 15) is 8.42 Å². The van der Waals surface area contributed by atoms with Gasteiger partial charge < -0.3 is 0 Å². The Morgan fingerprint density at radius 3 is 2.52 bits per heavy atom. The van der Waals surface area contributed by atoms with Crippen LogP contribution in [0.3, 0.4) is 0 Å². The molecular formula is C15H25N3O2S. The Bertz CT molecular complexity index is 628. The molecule has 5 nitrogen and oxygen atoms in total. The summed E-state index contributed by atoms with van der Waals surface area (Å²) < 4.78 is 28.9. The van der Waals surface area contributed by atoms with E-state index in [0.29, 0.717) is 23.7 Å². The van der Waals surface area contributed by atoms with Crippen LogP contribution in [0, 0.1) is 13.8 Å². The average Bonchev–Trinajstić information content (AvgIpc) is 2.76. The number of sulfonamides is 1. The van der Waals surface area contributed by atoms with Crippen molar-refractivity contribution >= 4 is 10.0 Å². The molecule has 1 aromatic rings. The predicted octanol–water partition coefficient (Wildman–Crippen LogP) is 2.81. The molecule has 2 rings (SSSR count). The highest BCUT2D eigenvalue weighted by atomic mass is 32.2. The largest absolute Gasteiger partial charge is 0.261 e. The van der Waals surface area contributed by atoms with Crippen LogP contribution in [0.25, 0.3) is 0 Å². The summed E-state index contributed by atoms with van der Waals surface area (Å²) in [6.45, 7) is 8.32. The summed E-state index contributed by atoms with van der Waals surface area (Å²) in [5, 5.41) is 4.51. The Labute approximate surface area is 127 Å². The SMILES string of the molecule is CCN(CC)S(=O)(=O)c1c(C)nn(C2C=CCCC2)c1C. The van der Waals surface area contributed by atoms with Crippen molar-refractivity contribution in [2.24, 2.45) is 0 Å². The summed E-state index contributed by atoms with van der Waals surface area (Å²) in [5.74, 6) is 0. The monoisotopic (exact) mass is 311 g/mol. The Morgan fingerprint density at radius 1 is 1.33 bits per heavy atom. The second kappa shape index (κ2) is 6.32. The molecule has 0 spiro atoms. The van der Waals surface area contributed by atoms with Gasteiger partial charge in [-0.25, -0.2) is 8.42 Å². The number of nitrogens with zero attached hydrogens (tertiary/aromatic N) is 3. The van der Waals surface area contributed by atoms with Crippen LogP contribution >= 0.6 is 0 Å². The fraction of sp³-hybridized carbons (Fsp3) is 0.667. The molecule has 1 aliphatic rings. The maximum absolute atomic E-state index is 12.8. The maximum atomic E-state index is 12.8. The van der Waals surface area contributed by atoms with Crippen LogP contribution in [0.5, 0.6) is 0 Å². The maximum Gasteiger partial charge on any atom is 0.246 e. The summed E-state index contributed by atoms with van der Waals surface area (Å²) in [6, 6.07) is 0.179. The van der Waals surface area contributed by atoms with Crippen molar-refractivity contribution in [1.29, 1.82) is 0 Å². The molecule has 0 saturated carbocycles. The summed E-state index contributed by atoms with van der Waals surface area (Å²) in [7, 11) is -3.45. The van der Waals surface area contributed by atoms with Gasteiger partial charge in [0, 0.05) is 13.1 Å². The number of hydrogen-bond donors (Lipinski definition) is 0. The summed E-state index contributed by atoms with van der Waals surface area (Å²) in [4.78, 5) is 0.380. The minimum Gasteiger partial charge on any atom is -0.261 e. The van der Waals surface area contributed by atoms with Gasteiger partial charge in [-0.15, -0.1) is 0 Å². The van der Waals surface area contributed by atoms with Crippen molar-refractivity contribution < 1.29 is 8.42 Å². The lowest BCUT2D eigenvalue weighted by Gasteiger charge is -2.20. The van der Waals surface area contributed by atoms with E-state index in [0.717, 1.165) is 25.0 Å². The summed E-state index contributed by atoms with van der Waals surface area (Å²) >= 11 is 0. The van der Waals surface area contributed by atoms with E-state index < -0.39 is 10.0 Å². The smallest absolute Gasteiger partial charge is 0.246 e. The summed E-state index contributed by atoms with van der Waals surface area (Å²) in [5.41, 5.74) is 1.34. The van der Waals surface area contributed by atoms with Gasteiger partial charge in [0.25, 0.3) is 0 Å². The van der Waals surface area contributed by atoms with Crippen LogP contribution in [-0.4, -0.2) is 35.6 Å². The first-order valence-electron chi connectivity index (χ1n) is 7.66. The Balaban J connectivity index is 2.49. The molecule has 0 fully saturated rings. The molecule has 0 amide bonds. The van der Waals surface area contributed by atoms with Gasteiger partial charge in [-0.05, 0) is 33.1 Å². The first-order valence-corrected chi connectivity index (χ1v) is 9.10. The molecule has 0 aliphatic heterocycles. The van der Waals surface area contributed by atoms with Crippen LogP contribution < -0.4 is 0 Å². The minimum absolute atomic E-state index is 0.179. The number of allylic oxidation sites excluding steroid dienone is 2. The zero-order valence-electron chi connectivity index (χ0n) is 13.3. The molecule has 118 valence electrons. The fourth-order valence-corrected chi connectivity index (χ4v) is 4.85. The molecule has 1 aliphatic carbocycles. The zero-order chi connectivity index (χ0) is 15.6. The summed E-state index contributed by atoms with van der Waals surface area (Å²) in [6.07, 6.45) is 7.53. The van der Waals surface area contributed by atoms with Gasteiger partial charge >= 0.3 is 0 Å². The number of rotatable bonds is 5. The lowest BCUT2D eigenvalue weighted by molar-refractivity contribution is 0.442. The predicted molar refractivity (Wildman–Crippen MR) is 83.8 cm³/mol. The average molecular weight is 311 g/mol. The third-order valence-electron chi connectivity index (χ3n) is 4.10. The number of aryl methyl sites for hydroxylation is 1. The first-order chi connectivity index (χ1) is 9.93. The van der Waals surface area contributed by atoms with E-state index in [1.165, 1.54) is 4.31 Å². The van der Waals surface area contributed by atoms with E-state index >= 15 is 0 Å². The molecule has 0 bridgehead atoms. The van der Waals surface area contributed by atoms with Gasteiger partial charge in [0.1, 0.15) is 4.90 Å². The molecule has 1 aromatic heterocycles. The molecule has 0 N–H and O–H groups in total. The highest BCUT2D eigenvalue weighted by Crippen LogP contribution is 2.29.